The maximum Gasteiger partial charge on any atom is 0.273 e. The van der Waals surface area contributed by atoms with E-state index in [4.69, 9.17) is 16.3 Å². The number of nitrogens with zero attached hydrogens (tertiary/aromatic N) is 1. The highest BCUT2D eigenvalue weighted by molar-refractivity contribution is 6.55. The summed E-state index contributed by atoms with van der Waals surface area (Å²) in [4.78, 5) is 27.7. The second-order valence-corrected chi connectivity index (χ2v) is 9.15. The first-order valence-corrected chi connectivity index (χ1v) is 11.9. The van der Waals surface area contributed by atoms with Crippen molar-refractivity contribution in [3.63, 3.8) is 0 Å². The fraction of sp³-hybridized carbons (Fsp3) is 0.600. The third kappa shape index (κ3) is 5.66. The molecule has 1 aliphatic heterocycles. The van der Waals surface area contributed by atoms with Crippen LogP contribution >= 0.6 is 11.6 Å². The van der Waals surface area contributed by atoms with E-state index in [2.05, 4.69) is 0 Å². The monoisotopic (exact) mass is 431 g/mol. The van der Waals surface area contributed by atoms with Gasteiger partial charge in [-0.1, -0.05) is 81.5 Å². The molecule has 2 aliphatic rings. The minimum absolute atomic E-state index is 0.0450. The Bertz CT molecular complexity index is 757. The number of amides is 2. The van der Waals surface area contributed by atoms with Crippen molar-refractivity contribution in [2.45, 2.75) is 96.6 Å². The van der Waals surface area contributed by atoms with Crippen molar-refractivity contribution in [3.8, 4) is 5.75 Å². The maximum atomic E-state index is 13.3. The molecule has 0 saturated heterocycles. The Morgan fingerprint density at radius 2 is 1.33 bits per heavy atom. The number of hydrogen-bond acceptors (Lipinski definition) is 3. The third-order valence-corrected chi connectivity index (χ3v) is 6.36. The average molecular weight is 432 g/mol. The molecule has 1 saturated carbocycles. The van der Waals surface area contributed by atoms with E-state index in [0.717, 1.165) is 44.3 Å². The minimum Gasteiger partial charge on any atom is -0.491 e. The summed E-state index contributed by atoms with van der Waals surface area (Å²) in [5.74, 6) is 0.148. The van der Waals surface area contributed by atoms with Crippen molar-refractivity contribution >= 4 is 29.0 Å². The van der Waals surface area contributed by atoms with E-state index in [1.54, 1.807) is 0 Å². The van der Waals surface area contributed by atoms with Crippen LogP contribution in [-0.4, -0.2) is 28.9 Å². The summed E-state index contributed by atoms with van der Waals surface area (Å²) < 4.78 is 5.68. The van der Waals surface area contributed by atoms with Gasteiger partial charge in [0.1, 0.15) is 10.8 Å². The van der Waals surface area contributed by atoms with Gasteiger partial charge in [-0.25, -0.2) is 0 Å². The van der Waals surface area contributed by atoms with Crippen molar-refractivity contribution in [1.29, 1.82) is 0 Å². The number of imide groups is 1. The van der Waals surface area contributed by atoms with Crippen LogP contribution < -0.4 is 4.74 Å². The highest BCUT2D eigenvalue weighted by Crippen LogP contribution is 2.35. The Hall–Kier alpha value is -1.81. The van der Waals surface area contributed by atoms with Crippen LogP contribution in [0.25, 0.3) is 5.57 Å². The van der Waals surface area contributed by atoms with E-state index in [0.29, 0.717) is 11.1 Å². The van der Waals surface area contributed by atoms with Crippen LogP contribution in [0, 0.1) is 0 Å². The second kappa shape index (κ2) is 11.0. The first-order chi connectivity index (χ1) is 14.5. The van der Waals surface area contributed by atoms with E-state index in [-0.39, 0.29) is 29.0 Å². The zero-order valence-electron chi connectivity index (χ0n) is 18.3. The van der Waals surface area contributed by atoms with Crippen LogP contribution in [0.5, 0.6) is 5.75 Å². The molecule has 1 fully saturated rings. The Morgan fingerprint density at radius 3 is 1.83 bits per heavy atom. The standard InChI is InChI=1S/C25H34ClNO3/c1-18(2)30-21-16-14-19(15-17-21)22-23(26)25(29)27(24(22)28)20-12-10-8-6-4-3-5-7-9-11-13-20/h14-18,20H,3-13H2,1-2H3. The molecule has 0 spiro atoms. The van der Waals surface area contributed by atoms with Gasteiger partial charge in [0.05, 0.1) is 11.7 Å². The molecule has 0 bridgehead atoms. The van der Waals surface area contributed by atoms with E-state index in [1.807, 2.05) is 38.1 Å². The zero-order chi connectivity index (χ0) is 21.5. The quantitative estimate of drug-likeness (QED) is 0.513. The number of carbonyl (C=O) groups excluding carboxylic acids is 2. The van der Waals surface area contributed by atoms with Gasteiger partial charge in [-0.15, -0.1) is 0 Å². The van der Waals surface area contributed by atoms with Gasteiger partial charge in [-0.3, -0.25) is 14.5 Å². The Morgan fingerprint density at radius 1 is 0.833 bits per heavy atom. The van der Waals surface area contributed by atoms with Crippen LogP contribution in [0.4, 0.5) is 0 Å². The van der Waals surface area contributed by atoms with Crippen molar-refractivity contribution < 1.29 is 14.3 Å². The van der Waals surface area contributed by atoms with Crippen LogP contribution in [0.15, 0.2) is 29.3 Å². The molecule has 1 aromatic carbocycles. The summed E-state index contributed by atoms with van der Waals surface area (Å²) >= 11 is 6.41. The molecule has 164 valence electrons. The third-order valence-electron chi connectivity index (χ3n) is 6.01. The fourth-order valence-corrected chi connectivity index (χ4v) is 4.75. The van der Waals surface area contributed by atoms with Crippen LogP contribution in [-0.2, 0) is 9.59 Å². The molecule has 0 atom stereocenters. The molecule has 0 unspecified atom stereocenters. The SMILES string of the molecule is CC(C)Oc1ccc(C2=C(Cl)C(=O)N(C3CCCCCCCCCCC3)C2=O)cc1. The van der Waals surface area contributed by atoms with Gasteiger partial charge in [-0.05, 0) is 44.4 Å². The smallest absolute Gasteiger partial charge is 0.273 e. The minimum atomic E-state index is -0.337. The highest BCUT2D eigenvalue weighted by atomic mass is 35.5. The van der Waals surface area contributed by atoms with Gasteiger partial charge in [0.2, 0.25) is 0 Å². The van der Waals surface area contributed by atoms with E-state index in [1.165, 1.54) is 37.0 Å². The first-order valence-electron chi connectivity index (χ1n) is 11.5. The number of ether oxygens (including phenoxy) is 1. The van der Waals surface area contributed by atoms with Gasteiger partial charge in [-0.2, -0.15) is 0 Å². The number of rotatable bonds is 4. The summed E-state index contributed by atoms with van der Waals surface area (Å²) in [5, 5.41) is 0.0450. The normalized spacial score (nSPS) is 20.5. The molecule has 1 aromatic rings. The summed E-state index contributed by atoms with van der Waals surface area (Å²) in [7, 11) is 0. The molecule has 2 amide bonds. The zero-order valence-corrected chi connectivity index (χ0v) is 19.0. The van der Waals surface area contributed by atoms with E-state index < -0.39 is 0 Å². The fourth-order valence-electron chi connectivity index (χ4n) is 4.47. The maximum absolute atomic E-state index is 13.3. The van der Waals surface area contributed by atoms with Crippen LogP contribution in [0.2, 0.25) is 0 Å². The van der Waals surface area contributed by atoms with Crippen molar-refractivity contribution in [2.75, 3.05) is 0 Å². The van der Waals surface area contributed by atoms with Crippen molar-refractivity contribution in [2.24, 2.45) is 0 Å². The van der Waals surface area contributed by atoms with Gasteiger partial charge in [0, 0.05) is 6.04 Å². The summed E-state index contributed by atoms with van der Waals surface area (Å²) in [6, 6.07) is 7.21. The van der Waals surface area contributed by atoms with Crippen molar-refractivity contribution in [3.05, 3.63) is 34.9 Å². The molecular formula is C25H34ClNO3. The lowest BCUT2D eigenvalue weighted by Gasteiger charge is -2.27. The molecule has 5 heteroatoms. The average Bonchev–Trinajstić information content (AvgIpc) is 2.92. The lowest BCUT2D eigenvalue weighted by Crippen LogP contribution is -2.41. The molecule has 4 nitrogen and oxygen atoms in total. The molecule has 0 radical (unpaired) electrons. The molecule has 1 aliphatic carbocycles. The van der Waals surface area contributed by atoms with Crippen LogP contribution in [0.3, 0.4) is 0 Å². The lowest BCUT2D eigenvalue weighted by molar-refractivity contribution is -0.139. The number of halogens is 1. The summed E-state index contributed by atoms with van der Waals surface area (Å²) in [6.07, 6.45) is 12.6. The molecule has 30 heavy (non-hydrogen) atoms. The predicted molar refractivity (Wildman–Crippen MR) is 121 cm³/mol. The molecule has 3 rings (SSSR count). The van der Waals surface area contributed by atoms with Gasteiger partial charge < -0.3 is 4.74 Å². The lowest BCUT2D eigenvalue weighted by atomic mass is 9.96. The van der Waals surface area contributed by atoms with Crippen LogP contribution in [0.1, 0.15) is 90.0 Å². The van der Waals surface area contributed by atoms with Gasteiger partial charge in [0.15, 0.2) is 0 Å². The Kier molecular flexibility index (Phi) is 8.38. The first kappa shape index (κ1) is 22.9. The molecule has 1 heterocycles. The second-order valence-electron chi connectivity index (χ2n) is 8.77. The summed E-state index contributed by atoms with van der Waals surface area (Å²) in [5.41, 5.74) is 0.994. The molecule has 0 aromatic heterocycles. The topological polar surface area (TPSA) is 46.6 Å². The largest absolute Gasteiger partial charge is 0.491 e. The van der Waals surface area contributed by atoms with Gasteiger partial charge >= 0.3 is 0 Å². The summed E-state index contributed by atoms with van der Waals surface area (Å²) in [6.45, 7) is 3.93. The van der Waals surface area contributed by atoms with Crippen molar-refractivity contribution in [1.82, 2.24) is 4.90 Å². The molecular weight excluding hydrogens is 398 g/mol. The predicted octanol–water partition coefficient (Wildman–Crippen LogP) is 6.47. The number of hydrogen-bond donors (Lipinski definition) is 0. The number of benzene rings is 1. The van der Waals surface area contributed by atoms with E-state index >= 15 is 0 Å². The highest BCUT2D eigenvalue weighted by Gasteiger charge is 2.41. The molecule has 0 N–H and O–H groups in total. The number of carbonyl (C=O) groups is 2. The Labute approximate surface area is 185 Å². The van der Waals surface area contributed by atoms with E-state index in [9.17, 15) is 9.59 Å². The Balaban J connectivity index is 1.75. The van der Waals surface area contributed by atoms with Gasteiger partial charge in [0.25, 0.3) is 11.8 Å².